The summed E-state index contributed by atoms with van der Waals surface area (Å²) in [5.74, 6) is 0. The third-order valence-electron chi connectivity index (χ3n) is 1.71. The lowest BCUT2D eigenvalue weighted by Crippen LogP contribution is -1.84. The van der Waals surface area contributed by atoms with Crippen LogP contribution in [0.25, 0.3) is 0 Å². The van der Waals surface area contributed by atoms with Crippen LogP contribution in [-0.2, 0) is 0 Å². The molecule has 0 saturated heterocycles. The fraction of sp³-hybridized carbons (Fsp3) is 0.250. The molecule has 0 aromatic heterocycles. The van der Waals surface area contributed by atoms with E-state index in [0.29, 0.717) is 0 Å². The van der Waals surface area contributed by atoms with Crippen molar-refractivity contribution in [1.82, 2.24) is 0 Å². The second-order valence-corrected chi connectivity index (χ2v) is 2.38. The quantitative estimate of drug-likeness (QED) is 0.518. The Morgan fingerprint density at radius 1 is 0.900 bits per heavy atom. The van der Waals surface area contributed by atoms with Crippen LogP contribution in [0.2, 0.25) is 0 Å². The van der Waals surface area contributed by atoms with E-state index in [1.165, 1.54) is 11.1 Å². The molecule has 0 aromatic rings. The maximum absolute atomic E-state index is 4.03. The third-order valence-corrected chi connectivity index (χ3v) is 1.71. The second-order valence-electron chi connectivity index (χ2n) is 2.38. The molecule has 2 aliphatic heterocycles. The monoisotopic (exact) mass is 132 g/mol. The summed E-state index contributed by atoms with van der Waals surface area (Å²) in [5.41, 5.74) is 2.63. The molecule has 2 rings (SSSR count). The van der Waals surface area contributed by atoms with E-state index in [4.69, 9.17) is 0 Å². The minimum absolute atomic E-state index is 0.981. The Morgan fingerprint density at radius 3 is 1.70 bits per heavy atom. The van der Waals surface area contributed by atoms with Gasteiger partial charge in [-0.1, -0.05) is 0 Å². The summed E-state index contributed by atoms with van der Waals surface area (Å²) in [5, 5.41) is 0. The van der Waals surface area contributed by atoms with Gasteiger partial charge in [-0.25, -0.2) is 0 Å². The van der Waals surface area contributed by atoms with Crippen molar-refractivity contribution in [2.24, 2.45) is 9.98 Å². The summed E-state index contributed by atoms with van der Waals surface area (Å²) < 4.78 is 0. The van der Waals surface area contributed by atoms with Crippen LogP contribution in [0.4, 0.5) is 0 Å². The molecule has 0 aliphatic carbocycles. The van der Waals surface area contributed by atoms with Crippen LogP contribution < -0.4 is 0 Å². The van der Waals surface area contributed by atoms with Crippen LogP contribution in [0.3, 0.4) is 0 Å². The van der Waals surface area contributed by atoms with Gasteiger partial charge in [0.1, 0.15) is 0 Å². The Balaban J connectivity index is 2.15. The van der Waals surface area contributed by atoms with E-state index in [1.54, 1.807) is 0 Å². The van der Waals surface area contributed by atoms with E-state index in [-0.39, 0.29) is 0 Å². The normalized spacial score (nSPS) is 21.6. The predicted molar refractivity (Wildman–Crippen MR) is 42.4 cm³/mol. The van der Waals surface area contributed by atoms with Gasteiger partial charge < -0.3 is 0 Å². The van der Waals surface area contributed by atoms with Crippen LogP contribution in [0, 0.1) is 0 Å². The first-order valence-electron chi connectivity index (χ1n) is 3.38. The summed E-state index contributed by atoms with van der Waals surface area (Å²) in [4.78, 5) is 8.05. The van der Waals surface area contributed by atoms with Gasteiger partial charge in [0, 0.05) is 37.7 Å². The van der Waals surface area contributed by atoms with Crippen molar-refractivity contribution >= 4 is 12.4 Å². The highest BCUT2D eigenvalue weighted by Crippen LogP contribution is 2.21. The van der Waals surface area contributed by atoms with Gasteiger partial charge in [0.15, 0.2) is 0 Å². The zero-order valence-corrected chi connectivity index (χ0v) is 5.62. The molecule has 0 N–H and O–H groups in total. The molecule has 0 aromatic carbocycles. The van der Waals surface area contributed by atoms with Crippen molar-refractivity contribution in [3.8, 4) is 0 Å². The summed E-state index contributed by atoms with van der Waals surface area (Å²) in [6.45, 7) is 0. The standard InChI is InChI=1S/C8H8N2/c1-3-9-5-7(1)8-2-4-10-6-8/h3-6H,1-2H2. The molecule has 2 heterocycles. The molecule has 2 nitrogen and oxygen atoms in total. The summed E-state index contributed by atoms with van der Waals surface area (Å²) in [6.07, 6.45) is 9.65. The number of aliphatic imine (C=N–C) groups is 2. The number of rotatable bonds is 1. The summed E-state index contributed by atoms with van der Waals surface area (Å²) in [6, 6.07) is 0. The smallest absolute Gasteiger partial charge is 0.0303 e. The lowest BCUT2D eigenvalue weighted by Gasteiger charge is -1.96. The first-order valence-corrected chi connectivity index (χ1v) is 3.38. The minimum atomic E-state index is 0.981. The fourth-order valence-corrected chi connectivity index (χ4v) is 1.12. The van der Waals surface area contributed by atoms with Gasteiger partial charge in [0.05, 0.1) is 0 Å². The van der Waals surface area contributed by atoms with Crippen molar-refractivity contribution in [2.45, 2.75) is 12.8 Å². The molecule has 0 spiro atoms. The molecule has 0 fully saturated rings. The maximum atomic E-state index is 4.03. The van der Waals surface area contributed by atoms with Gasteiger partial charge >= 0.3 is 0 Å². The van der Waals surface area contributed by atoms with Gasteiger partial charge in [-0.05, 0) is 11.1 Å². The largest absolute Gasteiger partial charge is 0.268 e. The molecular weight excluding hydrogens is 124 g/mol. The Kier molecular flexibility index (Phi) is 1.24. The fourth-order valence-electron chi connectivity index (χ4n) is 1.12. The highest BCUT2D eigenvalue weighted by atomic mass is 14.7. The average molecular weight is 132 g/mol. The van der Waals surface area contributed by atoms with Crippen molar-refractivity contribution in [2.75, 3.05) is 0 Å². The molecule has 0 amide bonds. The minimum Gasteiger partial charge on any atom is -0.268 e. The van der Waals surface area contributed by atoms with E-state index < -0.39 is 0 Å². The van der Waals surface area contributed by atoms with Crippen LogP contribution in [0.1, 0.15) is 12.8 Å². The van der Waals surface area contributed by atoms with Gasteiger partial charge in [-0.3, -0.25) is 9.98 Å². The Morgan fingerprint density at radius 2 is 1.40 bits per heavy atom. The first-order chi connectivity index (χ1) is 4.97. The molecule has 0 bridgehead atoms. The maximum Gasteiger partial charge on any atom is 0.0303 e. The highest BCUT2D eigenvalue weighted by molar-refractivity contribution is 5.73. The molecule has 10 heavy (non-hydrogen) atoms. The van der Waals surface area contributed by atoms with Crippen LogP contribution >= 0.6 is 0 Å². The van der Waals surface area contributed by atoms with E-state index >= 15 is 0 Å². The summed E-state index contributed by atoms with van der Waals surface area (Å²) in [7, 11) is 0. The lowest BCUT2D eigenvalue weighted by molar-refractivity contribution is 1.25. The molecule has 0 saturated carbocycles. The van der Waals surface area contributed by atoms with Gasteiger partial charge in [0.2, 0.25) is 0 Å². The number of allylic oxidation sites excluding steroid dienone is 2. The van der Waals surface area contributed by atoms with Crippen LogP contribution in [-0.4, -0.2) is 12.4 Å². The van der Waals surface area contributed by atoms with Gasteiger partial charge in [-0.2, -0.15) is 0 Å². The predicted octanol–water partition coefficient (Wildman–Crippen LogP) is 1.70. The van der Waals surface area contributed by atoms with Crippen molar-refractivity contribution < 1.29 is 0 Å². The Hall–Kier alpha value is -1.18. The van der Waals surface area contributed by atoms with Crippen LogP contribution in [0.15, 0.2) is 33.5 Å². The van der Waals surface area contributed by atoms with E-state index in [2.05, 4.69) is 9.98 Å². The second kappa shape index (κ2) is 2.21. The lowest BCUT2D eigenvalue weighted by atomic mass is 10.1. The topological polar surface area (TPSA) is 24.7 Å². The summed E-state index contributed by atoms with van der Waals surface area (Å²) >= 11 is 0. The van der Waals surface area contributed by atoms with Crippen LogP contribution in [0.5, 0.6) is 0 Å². The Labute approximate surface area is 59.7 Å². The molecule has 0 atom stereocenters. The van der Waals surface area contributed by atoms with Crippen molar-refractivity contribution in [1.29, 1.82) is 0 Å². The van der Waals surface area contributed by atoms with E-state index in [9.17, 15) is 0 Å². The molecule has 50 valence electrons. The highest BCUT2D eigenvalue weighted by Gasteiger charge is 2.08. The van der Waals surface area contributed by atoms with Crippen molar-refractivity contribution in [3.63, 3.8) is 0 Å². The molecule has 2 heteroatoms. The third kappa shape index (κ3) is 0.817. The zero-order valence-electron chi connectivity index (χ0n) is 5.62. The SMILES string of the molecule is C1=NC=C(C2=CN=CC2)C1. The van der Waals surface area contributed by atoms with E-state index in [0.717, 1.165) is 12.8 Å². The van der Waals surface area contributed by atoms with Crippen molar-refractivity contribution in [3.05, 3.63) is 23.5 Å². The number of nitrogens with zero attached hydrogens (tertiary/aromatic N) is 2. The van der Waals surface area contributed by atoms with E-state index in [1.807, 2.05) is 24.8 Å². The molecule has 0 radical (unpaired) electrons. The number of hydrogen-bond acceptors (Lipinski definition) is 2. The molecule has 2 aliphatic rings. The number of hydrogen-bond donors (Lipinski definition) is 0. The molecular formula is C8H8N2. The molecule has 0 unspecified atom stereocenters. The zero-order chi connectivity index (χ0) is 6.81. The van der Waals surface area contributed by atoms with Gasteiger partial charge in [0.25, 0.3) is 0 Å². The average Bonchev–Trinajstić information content (AvgIpc) is 2.59. The van der Waals surface area contributed by atoms with Gasteiger partial charge in [-0.15, -0.1) is 0 Å². The Bertz CT molecular complexity index is 228. The first kappa shape index (κ1) is 5.59.